The number of halogens is 2. The van der Waals surface area contributed by atoms with Crippen LogP contribution in [0.2, 0.25) is 5.02 Å². The summed E-state index contributed by atoms with van der Waals surface area (Å²) in [5.74, 6) is 0.665. The number of carbonyl (C=O) groups is 1. The van der Waals surface area contributed by atoms with Gasteiger partial charge >= 0.3 is 0 Å². The van der Waals surface area contributed by atoms with Gasteiger partial charge in [-0.05, 0) is 30.5 Å². The van der Waals surface area contributed by atoms with Gasteiger partial charge in [-0.3, -0.25) is 4.79 Å². The Morgan fingerprint density at radius 2 is 1.94 bits per heavy atom. The molecule has 1 aromatic rings. The molecule has 2 rings (SSSR count). The van der Waals surface area contributed by atoms with Crippen LogP contribution in [0.4, 0.5) is 0 Å². The lowest BCUT2D eigenvalue weighted by molar-refractivity contribution is -0.130. The minimum Gasteiger partial charge on any atom is -0.338 e. The summed E-state index contributed by atoms with van der Waals surface area (Å²) in [6, 6.07) is 7.84. The van der Waals surface area contributed by atoms with Gasteiger partial charge in [0.1, 0.15) is 0 Å². The third-order valence-corrected chi connectivity index (χ3v) is 3.32. The van der Waals surface area contributed by atoms with Crippen molar-refractivity contribution in [3.05, 3.63) is 34.9 Å². The van der Waals surface area contributed by atoms with Gasteiger partial charge in [-0.25, -0.2) is 0 Å². The molecule has 1 amide bonds. The summed E-state index contributed by atoms with van der Waals surface area (Å²) in [5.41, 5.74) is 1.000. The quantitative estimate of drug-likeness (QED) is 0.754. The lowest BCUT2D eigenvalue weighted by Crippen LogP contribution is -2.35. The van der Waals surface area contributed by atoms with Crippen LogP contribution in [0.1, 0.15) is 18.4 Å². The van der Waals surface area contributed by atoms with Crippen LogP contribution < -0.4 is 0 Å². The van der Waals surface area contributed by atoms with Crippen molar-refractivity contribution in [2.24, 2.45) is 0 Å². The molecule has 2 nitrogen and oxygen atoms in total. The van der Waals surface area contributed by atoms with E-state index in [0.717, 1.165) is 18.4 Å². The van der Waals surface area contributed by atoms with Crippen molar-refractivity contribution in [3.63, 3.8) is 0 Å². The highest BCUT2D eigenvalue weighted by molar-refractivity contribution is 6.30. The minimum atomic E-state index is 0.162. The summed E-state index contributed by atoms with van der Waals surface area (Å²) < 4.78 is 0. The van der Waals surface area contributed by atoms with Gasteiger partial charge < -0.3 is 4.90 Å². The van der Waals surface area contributed by atoms with E-state index in [2.05, 4.69) is 0 Å². The number of rotatable bonds is 5. The maximum absolute atomic E-state index is 12.1. The predicted molar refractivity (Wildman–Crippen MR) is 70.6 cm³/mol. The summed E-state index contributed by atoms with van der Waals surface area (Å²) in [5, 5.41) is 0.695. The second-order valence-corrected chi connectivity index (χ2v) is 5.12. The summed E-state index contributed by atoms with van der Waals surface area (Å²) in [6.07, 6.45) is 2.66. The zero-order valence-electron chi connectivity index (χ0n) is 9.53. The molecule has 0 unspecified atom stereocenters. The Morgan fingerprint density at radius 3 is 2.47 bits per heavy atom. The lowest BCUT2D eigenvalue weighted by Gasteiger charge is -2.21. The molecule has 0 aliphatic heterocycles. The Bertz CT molecular complexity index is 387. The van der Waals surface area contributed by atoms with Gasteiger partial charge in [0.25, 0.3) is 0 Å². The molecule has 0 atom stereocenters. The van der Waals surface area contributed by atoms with E-state index in [4.69, 9.17) is 23.2 Å². The Labute approximate surface area is 112 Å². The van der Waals surface area contributed by atoms with Gasteiger partial charge in [0.05, 0.1) is 6.42 Å². The third kappa shape index (κ3) is 3.62. The fraction of sp³-hybridized carbons (Fsp3) is 0.462. The van der Waals surface area contributed by atoms with Crippen LogP contribution >= 0.6 is 23.2 Å². The Hall–Kier alpha value is -0.730. The number of nitrogens with zero attached hydrogens (tertiary/aromatic N) is 1. The van der Waals surface area contributed by atoms with Crippen molar-refractivity contribution < 1.29 is 4.79 Å². The second-order valence-electron chi connectivity index (χ2n) is 4.31. The van der Waals surface area contributed by atoms with E-state index in [0.29, 0.717) is 29.9 Å². The van der Waals surface area contributed by atoms with Crippen molar-refractivity contribution in [1.29, 1.82) is 0 Å². The van der Waals surface area contributed by atoms with E-state index in [-0.39, 0.29) is 5.91 Å². The second kappa shape index (κ2) is 5.74. The fourth-order valence-corrected chi connectivity index (χ4v) is 2.17. The molecule has 0 bridgehead atoms. The molecule has 0 saturated heterocycles. The highest BCUT2D eigenvalue weighted by Crippen LogP contribution is 2.27. The third-order valence-electron chi connectivity index (χ3n) is 2.90. The first-order chi connectivity index (χ1) is 8.20. The zero-order chi connectivity index (χ0) is 12.3. The van der Waals surface area contributed by atoms with Gasteiger partial charge in [-0.2, -0.15) is 0 Å². The average molecular weight is 272 g/mol. The van der Waals surface area contributed by atoms with Gasteiger partial charge in [-0.15, -0.1) is 11.6 Å². The molecule has 1 saturated carbocycles. The summed E-state index contributed by atoms with van der Waals surface area (Å²) >= 11 is 11.5. The summed E-state index contributed by atoms with van der Waals surface area (Å²) in [7, 11) is 0. The average Bonchev–Trinajstić information content (AvgIpc) is 3.13. The van der Waals surface area contributed by atoms with Crippen LogP contribution in [0.25, 0.3) is 0 Å². The summed E-state index contributed by atoms with van der Waals surface area (Å²) in [6.45, 7) is 0.651. The smallest absolute Gasteiger partial charge is 0.227 e. The fourth-order valence-electron chi connectivity index (χ4n) is 1.87. The minimum absolute atomic E-state index is 0.162. The highest BCUT2D eigenvalue weighted by atomic mass is 35.5. The number of alkyl halides is 1. The summed E-state index contributed by atoms with van der Waals surface area (Å²) in [4.78, 5) is 14.0. The Morgan fingerprint density at radius 1 is 1.29 bits per heavy atom. The van der Waals surface area contributed by atoms with Crippen molar-refractivity contribution >= 4 is 29.1 Å². The molecule has 0 N–H and O–H groups in total. The predicted octanol–water partition coefficient (Wildman–Crippen LogP) is 3.11. The zero-order valence-corrected chi connectivity index (χ0v) is 11.0. The van der Waals surface area contributed by atoms with E-state index in [1.54, 1.807) is 0 Å². The first kappa shape index (κ1) is 12.7. The Balaban J connectivity index is 1.96. The van der Waals surface area contributed by atoms with E-state index in [1.165, 1.54) is 0 Å². The van der Waals surface area contributed by atoms with E-state index in [1.807, 2.05) is 29.2 Å². The van der Waals surface area contributed by atoms with E-state index in [9.17, 15) is 4.79 Å². The van der Waals surface area contributed by atoms with Crippen LogP contribution in [0.3, 0.4) is 0 Å². The van der Waals surface area contributed by atoms with Crippen LogP contribution in [0, 0.1) is 0 Å². The normalized spacial score (nSPS) is 14.7. The molecule has 17 heavy (non-hydrogen) atoms. The lowest BCUT2D eigenvalue weighted by atomic mass is 10.1. The van der Waals surface area contributed by atoms with Gasteiger partial charge in [0, 0.05) is 23.5 Å². The molecule has 4 heteroatoms. The molecular formula is C13H15Cl2NO. The van der Waals surface area contributed by atoms with Crippen LogP contribution in [-0.4, -0.2) is 29.3 Å². The molecule has 0 heterocycles. The van der Waals surface area contributed by atoms with Gasteiger partial charge in [-0.1, -0.05) is 23.7 Å². The van der Waals surface area contributed by atoms with Gasteiger partial charge in [0.2, 0.25) is 5.91 Å². The molecule has 1 aliphatic rings. The number of carbonyl (C=O) groups excluding carboxylic acids is 1. The molecule has 1 aromatic carbocycles. The Kier molecular flexibility index (Phi) is 4.30. The van der Waals surface area contributed by atoms with Gasteiger partial charge in [0.15, 0.2) is 0 Å². The molecule has 0 radical (unpaired) electrons. The first-order valence-corrected chi connectivity index (χ1v) is 6.72. The number of hydrogen-bond acceptors (Lipinski definition) is 1. The molecule has 0 spiro atoms. The molecule has 1 aliphatic carbocycles. The number of hydrogen-bond donors (Lipinski definition) is 0. The van der Waals surface area contributed by atoms with Crippen LogP contribution in [0.5, 0.6) is 0 Å². The maximum Gasteiger partial charge on any atom is 0.227 e. The SMILES string of the molecule is O=C(Cc1ccc(Cl)cc1)N(CCCl)C1CC1. The van der Waals surface area contributed by atoms with Crippen molar-refractivity contribution in [2.45, 2.75) is 25.3 Å². The van der Waals surface area contributed by atoms with E-state index >= 15 is 0 Å². The van der Waals surface area contributed by atoms with Crippen molar-refractivity contribution in [2.75, 3.05) is 12.4 Å². The number of benzene rings is 1. The molecule has 92 valence electrons. The van der Waals surface area contributed by atoms with Crippen molar-refractivity contribution in [1.82, 2.24) is 4.90 Å². The van der Waals surface area contributed by atoms with Crippen LogP contribution in [-0.2, 0) is 11.2 Å². The standard InChI is InChI=1S/C13H15Cl2NO/c14-7-8-16(12-5-6-12)13(17)9-10-1-3-11(15)4-2-10/h1-4,12H,5-9H2. The van der Waals surface area contributed by atoms with E-state index < -0.39 is 0 Å². The maximum atomic E-state index is 12.1. The molecule has 0 aromatic heterocycles. The van der Waals surface area contributed by atoms with Crippen LogP contribution in [0.15, 0.2) is 24.3 Å². The largest absolute Gasteiger partial charge is 0.338 e. The first-order valence-electron chi connectivity index (χ1n) is 5.80. The molecular weight excluding hydrogens is 257 g/mol. The highest BCUT2D eigenvalue weighted by Gasteiger charge is 2.31. The topological polar surface area (TPSA) is 20.3 Å². The molecule has 1 fully saturated rings. The van der Waals surface area contributed by atoms with Crippen molar-refractivity contribution in [3.8, 4) is 0 Å². The monoisotopic (exact) mass is 271 g/mol. The number of amides is 1.